The van der Waals surface area contributed by atoms with Crippen molar-refractivity contribution in [2.24, 2.45) is 0 Å². The molecule has 5 heteroatoms. The number of fused-ring (bicyclic) bond motifs is 1. The molecule has 5 nitrogen and oxygen atoms in total. The molecule has 29 heavy (non-hydrogen) atoms. The molecule has 0 aliphatic carbocycles. The van der Waals surface area contributed by atoms with E-state index in [1.807, 2.05) is 45.0 Å². The van der Waals surface area contributed by atoms with Gasteiger partial charge in [-0.1, -0.05) is 48.0 Å². The highest BCUT2D eigenvalue weighted by Gasteiger charge is 2.16. The van der Waals surface area contributed by atoms with Crippen LogP contribution in [-0.4, -0.2) is 20.7 Å². The maximum absolute atomic E-state index is 12.7. The summed E-state index contributed by atoms with van der Waals surface area (Å²) in [5.41, 5.74) is 7.93. The lowest BCUT2D eigenvalue weighted by Gasteiger charge is -2.11. The predicted molar refractivity (Wildman–Crippen MR) is 117 cm³/mol. The number of hydrogen-bond donors (Lipinski definition) is 1. The Morgan fingerprint density at radius 3 is 2.45 bits per heavy atom. The normalized spacial score (nSPS) is 11.0. The first-order chi connectivity index (χ1) is 13.9. The first kappa shape index (κ1) is 18.9. The molecule has 4 aromatic rings. The smallest absolute Gasteiger partial charge is 0.246 e. The van der Waals surface area contributed by atoms with E-state index in [1.54, 1.807) is 10.9 Å². The van der Waals surface area contributed by atoms with Crippen LogP contribution in [0.2, 0.25) is 0 Å². The second kappa shape index (κ2) is 7.51. The maximum Gasteiger partial charge on any atom is 0.246 e. The van der Waals surface area contributed by atoms with Gasteiger partial charge in [0.1, 0.15) is 6.54 Å². The molecule has 146 valence electrons. The minimum Gasteiger partial charge on any atom is -0.324 e. The minimum atomic E-state index is -0.116. The number of benzene rings is 2. The van der Waals surface area contributed by atoms with Gasteiger partial charge in [0.15, 0.2) is 5.65 Å². The van der Waals surface area contributed by atoms with Gasteiger partial charge in [-0.15, -0.1) is 0 Å². The van der Waals surface area contributed by atoms with E-state index in [1.165, 1.54) is 5.56 Å². The second-order valence-corrected chi connectivity index (χ2v) is 7.48. The molecule has 0 radical (unpaired) electrons. The molecule has 2 aromatic carbocycles. The summed E-state index contributed by atoms with van der Waals surface area (Å²) in [5, 5.41) is 8.63. The number of carbonyl (C=O) groups excluding carboxylic acids is 1. The van der Waals surface area contributed by atoms with Crippen LogP contribution in [0.15, 0.2) is 54.7 Å². The fourth-order valence-electron chi connectivity index (χ4n) is 3.77. The van der Waals surface area contributed by atoms with Crippen LogP contribution >= 0.6 is 0 Å². The van der Waals surface area contributed by atoms with Crippen LogP contribution < -0.4 is 5.32 Å². The van der Waals surface area contributed by atoms with Gasteiger partial charge in [0, 0.05) is 17.3 Å². The van der Waals surface area contributed by atoms with E-state index in [4.69, 9.17) is 0 Å². The lowest BCUT2D eigenvalue weighted by Crippen LogP contribution is -2.20. The third kappa shape index (κ3) is 3.63. The quantitative estimate of drug-likeness (QED) is 0.540. The fourth-order valence-corrected chi connectivity index (χ4v) is 3.77. The molecule has 1 N–H and O–H groups in total. The molecule has 0 aliphatic rings. The standard InChI is InChI=1S/C24H24N4O/c1-15-7-5-10-19(13-15)20-11-12-25-24-22(20)18(4)27-28(24)14-21(29)26-23-16(2)8-6-9-17(23)3/h5-13H,14H2,1-4H3,(H,26,29). The summed E-state index contributed by atoms with van der Waals surface area (Å²) >= 11 is 0. The number of carbonyl (C=O) groups is 1. The summed E-state index contributed by atoms with van der Waals surface area (Å²) in [4.78, 5) is 17.3. The topological polar surface area (TPSA) is 59.8 Å². The Kier molecular flexibility index (Phi) is 4.89. The first-order valence-corrected chi connectivity index (χ1v) is 9.69. The van der Waals surface area contributed by atoms with Gasteiger partial charge >= 0.3 is 0 Å². The van der Waals surface area contributed by atoms with Crippen LogP contribution in [0.1, 0.15) is 22.4 Å². The number of para-hydroxylation sites is 1. The van der Waals surface area contributed by atoms with Gasteiger partial charge in [-0.3, -0.25) is 4.79 Å². The average molecular weight is 384 g/mol. The van der Waals surface area contributed by atoms with Crippen LogP contribution in [0.4, 0.5) is 5.69 Å². The van der Waals surface area contributed by atoms with Gasteiger partial charge in [0.2, 0.25) is 5.91 Å². The number of hydrogen-bond acceptors (Lipinski definition) is 3. The molecule has 0 saturated carbocycles. The second-order valence-electron chi connectivity index (χ2n) is 7.48. The van der Waals surface area contributed by atoms with E-state index in [2.05, 4.69) is 46.6 Å². The highest BCUT2D eigenvalue weighted by Crippen LogP contribution is 2.30. The summed E-state index contributed by atoms with van der Waals surface area (Å²) in [5.74, 6) is -0.116. The largest absolute Gasteiger partial charge is 0.324 e. The van der Waals surface area contributed by atoms with Crippen molar-refractivity contribution in [3.05, 3.63) is 77.1 Å². The summed E-state index contributed by atoms with van der Waals surface area (Å²) in [6.07, 6.45) is 1.78. The van der Waals surface area contributed by atoms with Crippen LogP contribution in [-0.2, 0) is 11.3 Å². The summed E-state index contributed by atoms with van der Waals surface area (Å²) < 4.78 is 1.69. The molecule has 2 aromatic heterocycles. The molecule has 0 aliphatic heterocycles. The van der Waals surface area contributed by atoms with Crippen molar-refractivity contribution < 1.29 is 4.79 Å². The van der Waals surface area contributed by atoms with Gasteiger partial charge in [-0.2, -0.15) is 5.10 Å². The molecule has 0 atom stereocenters. The van der Waals surface area contributed by atoms with Gasteiger partial charge in [0.25, 0.3) is 0 Å². The third-order valence-corrected chi connectivity index (χ3v) is 5.18. The molecule has 0 bridgehead atoms. The van der Waals surface area contributed by atoms with E-state index in [0.29, 0.717) is 0 Å². The number of pyridine rings is 1. The van der Waals surface area contributed by atoms with Crippen molar-refractivity contribution in [1.82, 2.24) is 14.8 Å². The van der Waals surface area contributed by atoms with Crippen LogP contribution in [0, 0.1) is 27.7 Å². The SMILES string of the molecule is Cc1cccc(-c2ccnc3c2c(C)nn3CC(=O)Nc2c(C)cccc2C)c1. The number of nitrogens with zero attached hydrogens (tertiary/aromatic N) is 3. The van der Waals surface area contributed by atoms with Gasteiger partial charge < -0.3 is 5.32 Å². The highest BCUT2D eigenvalue weighted by molar-refractivity contribution is 5.97. The van der Waals surface area contributed by atoms with Crippen molar-refractivity contribution in [1.29, 1.82) is 0 Å². The zero-order valence-electron chi connectivity index (χ0n) is 17.2. The Bertz CT molecular complexity index is 1200. The minimum absolute atomic E-state index is 0.113. The van der Waals surface area contributed by atoms with E-state index >= 15 is 0 Å². The maximum atomic E-state index is 12.7. The zero-order chi connectivity index (χ0) is 20.5. The third-order valence-electron chi connectivity index (χ3n) is 5.18. The molecule has 0 fully saturated rings. The number of aryl methyl sites for hydroxylation is 4. The Labute approximate surface area is 170 Å². The fraction of sp³-hybridized carbons (Fsp3) is 0.208. The molecule has 2 heterocycles. The average Bonchev–Trinajstić information content (AvgIpc) is 3.00. The molecular weight excluding hydrogens is 360 g/mol. The van der Waals surface area contributed by atoms with Crippen LogP contribution in [0.25, 0.3) is 22.2 Å². The van der Waals surface area contributed by atoms with Gasteiger partial charge in [0.05, 0.1) is 5.69 Å². The van der Waals surface area contributed by atoms with E-state index in [9.17, 15) is 4.79 Å². The van der Waals surface area contributed by atoms with Crippen LogP contribution in [0.5, 0.6) is 0 Å². The number of anilines is 1. The predicted octanol–water partition coefficient (Wildman–Crippen LogP) is 4.97. The highest BCUT2D eigenvalue weighted by atomic mass is 16.2. The number of rotatable bonds is 4. The summed E-state index contributed by atoms with van der Waals surface area (Å²) in [7, 11) is 0. The summed E-state index contributed by atoms with van der Waals surface area (Å²) in [6, 6.07) is 16.3. The number of amides is 1. The Balaban J connectivity index is 1.69. The first-order valence-electron chi connectivity index (χ1n) is 9.69. The van der Waals surface area contributed by atoms with Crippen molar-refractivity contribution in [2.75, 3.05) is 5.32 Å². The zero-order valence-corrected chi connectivity index (χ0v) is 17.2. The molecule has 4 rings (SSSR count). The summed E-state index contributed by atoms with van der Waals surface area (Å²) in [6.45, 7) is 8.14. The molecule has 0 saturated heterocycles. The number of aromatic nitrogens is 3. The molecule has 0 spiro atoms. The van der Waals surface area contributed by atoms with Gasteiger partial charge in [-0.05, 0) is 56.0 Å². The van der Waals surface area contributed by atoms with Crippen molar-refractivity contribution in [3.8, 4) is 11.1 Å². The van der Waals surface area contributed by atoms with E-state index < -0.39 is 0 Å². The monoisotopic (exact) mass is 384 g/mol. The Morgan fingerprint density at radius 1 is 1.00 bits per heavy atom. The van der Waals surface area contributed by atoms with Crippen LogP contribution in [0.3, 0.4) is 0 Å². The van der Waals surface area contributed by atoms with E-state index in [0.717, 1.165) is 44.7 Å². The molecule has 1 amide bonds. The van der Waals surface area contributed by atoms with E-state index in [-0.39, 0.29) is 12.5 Å². The Morgan fingerprint density at radius 2 is 1.72 bits per heavy atom. The van der Waals surface area contributed by atoms with Gasteiger partial charge in [-0.25, -0.2) is 9.67 Å². The lowest BCUT2D eigenvalue weighted by atomic mass is 10.0. The number of nitrogens with one attached hydrogen (secondary N) is 1. The van der Waals surface area contributed by atoms with Crippen molar-refractivity contribution >= 4 is 22.6 Å². The van der Waals surface area contributed by atoms with Crippen molar-refractivity contribution in [2.45, 2.75) is 34.2 Å². The Hall–Kier alpha value is -3.47. The lowest BCUT2D eigenvalue weighted by molar-refractivity contribution is -0.116. The van der Waals surface area contributed by atoms with Crippen molar-refractivity contribution in [3.63, 3.8) is 0 Å². The molecular formula is C24H24N4O. The molecule has 0 unspecified atom stereocenters.